The Hall–Kier alpha value is -3.93. The highest BCUT2D eigenvalue weighted by molar-refractivity contribution is 6.46. The summed E-state index contributed by atoms with van der Waals surface area (Å²) in [6, 6.07) is 20.2. The summed E-state index contributed by atoms with van der Waals surface area (Å²) in [5, 5.41) is 3.14. The lowest BCUT2D eigenvalue weighted by molar-refractivity contribution is -0.120. The van der Waals surface area contributed by atoms with E-state index in [9.17, 15) is 14.0 Å². The van der Waals surface area contributed by atoms with Crippen LogP contribution in [0, 0.1) is 5.82 Å². The summed E-state index contributed by atoms with van der Waals surface area (Å²) in [7, 11) is 0. The molecule has 0 spiro atoms. The number of anilines is 2. The van der Waals surface area contributed by atoms with Gasteiger partial charge in [0.15, 0.2) is 0 Å². The van der Waals surface area contributed by atoms with E-state index in [0.717, 1.165) is 10.5 Å². The lowest BCUT2D eigenvalue weighted by atomic mass is 10.0. The van der Waals surface area contributed by atoms with Gasteiger partial charge >= 0.3 is 0 Å². The average Bonchev–Trinajstić information content (AvgIpc) is 3.04. The van der Waals surface area contributed by atoms with Gasteiger partial charge in [0.25, 0.3) is 11.8 Å². The predicted octanol–water partition coefficient (Wildman–Crippen LogP) is 6.13. The van der Waals surface area contributed by atoms with Crippen LogP contribution in [-0.4, -0.2) is 17.9 Å². The highest BCUT2D eigenvalue weighted by Crippen LogP contribution is 2.38. The molecule has 3 aromatic rings. The molecule has 3 aromatic carbocycles. The zero-order valence-corrected chi connectivity index (χ0v) is 19.6. The number of carbonyl (C=O) groups is 2. The topological polar surface area (TPSA) is 58.6 Å². The number of halogens is 1. The van der Waals surface area contributed by atoms with Crippen LogP contribution in [0.4, 0.5) is 15.8 Å². The van der Waals surface area contributed by atoms with E-state index in [1.165, 1.54) is 24.3 Å². The number of benzene rings is 3. The molecule has 0 fully saturated rings. The van der Waals surface area contributed by atoms with Gasteiger partial charge in [-0.25, -0.2) is 9.29 Å². The maximum absolute atomic E-state index is 13.6. The van der Waals surface area contributed by atoms with E-state index >= 15 is 0 Å². The molecule has 6 heteroatoms. The van der Waals surface area contributed by atoms with Gasteiger partial charge in [-0.15, -0.1) is 0 Å². The maximum Gasteiger partial charge on any atom is 0.282 e. The van der Waals surface area contributed by atoms with Crippen LogP contribution in [0.25, 0.3) is 5.57 Å². The Balaban J connectivity index is 1.79. The van der Waals surface area contributed by atoms with Crippen molar-refractivity contribution >= 4 is 28.8 Å². The van der Waals surface area contributed by atoms with Crippen molar-refractivity contribution in [1.29, 1.82) is 0 Å². The third-order valence-electron chi connectivity index (χ3n) is 5.53. The van der Waals surface area contributed by atoms with Gasteiger partial charge in [0.2, 0.25) is 0 Å². The number of amides is 2. The summed E-state index contributed by atoms with van der Waals surface area (Å²) in [5.41, 5.74) is 2.95. The summed E-state index contributed by atoms with van der Waals surface area (Å²) < 4.78 is 19.5. The number of nitrogens with zero attached hydrogens (tertiary/aromatic N) is 1. The molecule has 174 valence electrons. The number of imide groups is 1. The molecule has 0 bridgehead atoms. The van der Waals surface area contributed by atoms with Crippen LogP contribution in [-0.2, 0) is 9.59 Å². The van der Waals surface area contributed by atoms with Crippen LogP contribution < -0.4 is 15.0 Å². The third kappa shape index (κ3) is 4.57. The van der Waals surface area contributed by atoms with Crippen molar-refractivity contribution in [2.75, 3.05) is 10.2 Å². The molecule has 2 amide bonds. The molecule has 1 aliphatic rings. The second-order valence-electron chi connectivity index (χ2n) is 8.74. The monoisotopic (exact) mass is 458 g/mol. The van der Waals surface area contributed by atoms with Gasteiger partial charge in [-0.2, -0.15) is 0 Å². The Morgan fingerprint density at radius 3 is 2.09 bits per heavy atom. The smallest absolute Gasteiger partial charge is 0.282 e. The van der Waals surface area contributed by atoms with E-state index in [4.69, 9.17) is 4.74 Å². The molecule has 0 saturated heterocycles. The summed E-state index contributed by atoms with van der Waals surface area (Å²) in [6.45, 7) is 7.96. The van der Waals surface area contributed by atoms with Gasteiger partial charge in [0.05, 0.1) is 17.4 Å². The quantitative estimate of drug-likeness (QED) is 0.433. The Kier molecular flexibility index (Phi) is 6.50. The molecule has 1 heterocycles. The average molecular weight is 459 g/mol. The van der Waals surface area contributed by atoms with Gasteiger partial charge in [-0.05, 0) is 67.3 Å². The molecule has 4 rings (SSSR count). The minimum atomic E-state index is -0.503. The zero-order valence-electron chi connectivity index (χ0n) is 19.6. The number of nitrogens with one attached hydrogen (secondary N) is 1. The summed E-state index contributed by atoms with van der Waals surface area (Å²) >= 11 is 0. The van der Waals surface area contributed by atoms with E-state index < -0.39 is 17.6 Å². The van der Waals surface area contributed by atoms with E-state index in [1.807, 2.05) is 38.1 Å². The molecule has 1 aliphatic heterocycles. The molecule has 0 unspecified atom stereocenters. The van der Waals surface area contributed by atoms with Crippen molar-refractivity contribution in [3.8, 4) is 5.75 Å². The van der Waals surface area contributed by atoms with Crippen molar-refractivity contribution in [1.82, 2.24) is 0 Å². The predicted molar refractivity (Wildman–Crippen MR) is 132 cm³/mol. The lowest BCUT2D eigenvalue weighted by Crippen LogP contribution is -2.33. The molecule has 0 saturated carbocycles. The molecule has 34 heavy (non-hydrogen) atoms. The van der Waals surface area contributed by atoms with Crippen molar-refractivity contribution in [3.63, 3.8) is 0 Å². The Morgan fingerprint density at radius 2 is 1.47 bits per heavy atom. The second-order valence-corrected chi connectivity index (χ2v) is 8.74. The van der Waals surface area contributed by atoms with Crippen molar-refractivity contribution < 1.29 is 18.7 Å². The molecule has 5 nitrogen and oxygen atoms in total. The lowest BCUT2D eigenvalue weighted by Gasteiger charge is -2.20. The van der Waals surface area contributed by atoms with Crippen LogP contribution >= 0.6 is 0 Å². The van der Waals surface area contributed by atoms with Gasteiger partial charge in [0, 0.05) is 5.69 Å². The number of rotatable bonds is 7. The molecule has 0 radical (unpaired) electrons. The van der Waals surface area contributed by atoms with Gasteiger partial charge in [-0.3, -0.25) is 9.59 Å². The van der Waals surface area contributed by atoms with Crippen LogP contribution in [0.5, 0.6) is 5.75 Å². The maximum atomic E-state index is 13.6. The Bertz CT molecular complexity index is 1250. The third-order valence-corrected chi connectivity index (χ3v) is 5.53. The van der Waals surface area contributed by atoms with E-state index in [1.54, 1.807) is 24.3 Å². The van der Waals surface area contributed by atoms with Crippen LogP contribution in [0.2, 0.25) is 0 Å². The number of hydrogen-bond acceptors (Lipinski definition) is 4. The van der Waals surface area contributed by atoms with Gasteiger partial charge in [-0.1, -0.05) is 50.2 Å². The molecule has 0 aliphatic carbocycles. The van der Waals surface area contributed by atoms with Crippen LogP contribution in [0.1, 0.15) is 44.7 Å². The fraction of sp³-hybridized carbons (Fsp3) is 0.214. The first-order valence-corrected chi connectivity index (χ1v) is 11.3. The summed E-state index contributed by atoms with van der Waals surface area (Å²) in [4.78, 5) is 28.4. The van der Waals surface area contributed by atoms with Crippen molar-refractivity contribution in [2.45, 2.75) is 39.7 Å². The SMILES string of the molecule is CC(C)Oc1ccccc1N1C(=O)C(Nc2ccc(C(C)C)cc2)=C(c2ccc(F)cc2)C1=O. The number of ether oxygens (including phenoxy) is 1. The Morgan fingerprint density at radius 1 is 0.824 bits per heavy atom. The summed E-state index contributed by atoms with van der Waals surface area (Å²) in [5.74, 6) is -0.631. The highest BCUT2D eigenvalue weighted by atomic mass is 19.1. The van der Waals surface area contributed by atoms with Crippen LogP contribution in [0.15, 0.2) is 78.5 Å². The van der Waals surface area contributed by atoms with Crippen molar-refractivity contribution in [3.05, 3.63) is 95.4 Å². The number of carbonyl (C=O) groups excluding carboxylic acids is 2. The molecule has 1 N–H and O–H groups in total. The fourth-order valence-corrected chi connectivity index (χ4v) is 3.84. The molecular weight excluding hydrogens is 431 g/mol. The molecule has 0 atom stereocenters. The fourth-order valence-electron chi connectivity index (χ4n) is 3.84. The first kappa shape index (κ1) is 23.2. The first-order valence-electron chi connectivity index (χ1n) is 11.3. The minimum Gasteiger partial charge on any atom is -0.489 e. The Labute approximate surface area is 198 Å². The van der Waals surface area contributed by atoms with Gasteiger partial charge < -0.3 is 10.1 Å². The number of hydrogen-bond donors (Lipinski definition) is 1. The molecule has 0 aromatic heterocycles. The van der Waals surface area contributed by atoms with Crippen LogP contribution in [0.3, 0.4) is 0 Å². The minimum absolute atomic E-state index is 0.133. The zero-order chi connectivity index (χ0) is 24.4. The largest absolute Gasteiger partial charge is 0.489 e. The van der Waals surface area contributed by atoms with E-state index in [0.29, 0.717) is 28.6 Å². The molecular formula is C28H27FN2O3. The first-order chi connectivity index (χ1) is 16.3. The summed E-state index contributed by atoms with van der Waals surface area (Å²) in [6.07, 6.45) is -0.143. The number of para-hydroxylation sites is 2. The van der Waals surface area contributed by atoms with E-state index in [2.05, 4.69) is 19.2 Å². The van der Waals surface area contributed by atoms with Crippen molar-refractivity contribution in [2.24, 2.45) is 0 Å². The standard InChI is InChI=1S/C28H27FN2O3/c1-17(2)19-11-15-22(16-12-19)30-26-25(20-9-13-21(29)14-10-20)27(32)31(28(26)33)23-7-5-6-8-24(23)34-18(3)4/h5-18,30H,1-4H3. The van der Waals surface area contributed by atoms with E-state index in [-0.39, 0.29) is 17.4 Å². The van der Waals surface area contributed by atoms with Gasteiger partial charge in [0.1, 0.15) is 17.3 Å². The highest BCUT2D eigenvalue weighted by Gasteiger charge is 2.41. The second kappa shape index (κ2) is 9.51. The normalized spacial score (nSPS) is 13.9.